The van der Waals surface area contributed by atoms with E-state index in [1.807, 2.05) is 24.3 Å². The first kappa shape index (κ1) is 20.0. The first-order valence-corrected chi connectivity index (χ1v) is 9.76. The van der Waals surface area contributed by atoms with Crippen molar-refractivity contribution in [2.75, 3.05) is 31.8 Å². The number of nitrogens with zero attached hydrogens (tertiary/aromatic N) is 3. The van der Waals surface area contributed by atoms with Crippen molar-refractivity contribution in [3.63, 3.8) is 0 Å². The molecule has 4 rings (SSSR count). The Morgan fingerprint density at radius 1 is 1.17 bits per heavy atom. The molecular weight excluding hydrogens is 389 g/mol. The minimum Gasteiger partial charge on any atom is -0.465 e. The Kier molecular flexibility index (Phi) is 5.50. The van der Waals surface area contributed by atoms with Gasteiger partial charge in [0, 0.05) is 12.7 Å². The molecule has 0 saturated heterocycles. The summed E-state index contributed by atoms with van der Waals surface area (Å²) in [7, 11) is 1.53. The van der Waals surface area contributed by atoms with Gasteiger partial charge in [-0.3, -0.25) is 14.5 Å². The number of aromatic nitrogens is 2. The van der Waals surface area contributed by atoms with E-state index in [0.29, 0.717) is 17.0 Å². The molecule has 30 heavy (non-hydrogen) atoms. The minimum absolute atomic E-state index is 0.113. The molecule has 2 aromatic carbocycles. The maximum absolute atomic E-state index is 14.9. The molecule has 0 saturated carbocycles. The second-order valence-electron chi connectivity index (χ2n) is 6.95. The highest BCUT2D eigenvalue weighted by molar-refractivity contribution is 6.08. The van der Waals surface area contributed by atoms with Gasteiger partial charge in [-0.25, -0.2) is 9.37 Å². The number of anilines is 1. The number of rotatable bonds is 6. The second kappa shape index (κ2) is 8.23. The van der Waals surface area contributed by atoms with E-state index in [1.165, 1.54) is 18.1 Å². The Morgan fingerprint density at radius 3 is 2.63 bits per heavy atom. The van der Waals surface area contributed by atoms with E-state index in [-0.39, 0.29) is 25.3 Å². The van der Waals surface area contributed by atoms with Crippen LogP contribution >= 0.6 is 0 Å². The number of imidazole rings is 1. The molecule has 0 spiro atoms. The lowest BCUT2D eigenvalue weighted by Gasteiger charge is -2.37. The van der Waals surface area contributed by atoms with Crippen molar-refractivity contribution in [3.05, 3.63) is 59.9 Å². The summed E-state index contributed by atoms with van der Waals surface area (Å²) in [5, 5.41) is 0. The molecule has 0 unspecified atom stereocenters. The topological polar surface area (TPSA) is 73.7 Å². The van der Waals surface area contributed by atoms with E-state index in [1.54, 1.807) is 29.7 Å². The van der Waals surface area contributed by atoms with Crippen molar-refractivity contribution in [3.8, 4) is 0 Å². The number of fused-ring (bicyclic) bond motifs is 3. The zero-order valence-corrected chi connectivity index (χ0v) is 16.7. The zero-order chi connectivity index (χ0) is 21.3. The van der Waals surface area contributed by atoms with Crippen molar-refractivity contribution in [2.24, 2.45) is 5.92 Å². The van der Waals surface area contributed by atoms with Gasteiger partial charge in [-0.2, -0.15) is 0 Å². The molecule has 0 bridgehead atoms. The molecule has 0 aliphatic carbocycles. The van der Waals surface area contributed by atoms with Crippen LogP contribution in [-0.2, 0) is 19.1 Å². The van der Waals surface area contributed by atoms with Crippen LogP contribution in [0.15, 0.2) is 48.5 Å². The first-order valence-electron chi connectivity index (χ1n) is 9.76. The van der Waals surface area contributed by atoms with Gasteiger partial charge in [-0.05, 0) is 25.1 Å². The number of esters is 1. The molecule has 0 N–H and O–H groups in total. The molecule has 2 atom stereocenters. The third-order valence-corrected chi connectivity index (χ3v) is 5.23. The Labute approximate surface area is 173 Å². The van der Waals surface area contributed by atoms with Gasteiger partial charge in [0.1, 0.15) is 5.82 Å². The lowest BCUT2D eigenvalue weighted by atomic mass is 9.89. The van der Waals surface area contributed by atoms with Crippen molar-refractivity contribution < 1.29 is 23.5 Å². The third-order valence-electron chi connectivity index (χ3n) is 5.23. The summed E-state index contributed by atoms with van der Waals surface area (Å²) in [5.74, 6) is -2.57. The molecule has 1 aromatic heterocycles. The molecule has 156 valence electrons. The van der Waals surface area contributed by atoms with Gasteiger partial charge in [-0.1, -0.05) is 30.3 Å². The number of hydrogen-bond acceptors (Lipinski definition) is 5. The minimum atomic E-state index is -1.25. The Balaban J connectivity index is 2.00. The van der Waals surface area contributed by atoms with Gasteiger partial charge in [-0.15, -0.1) is 0 Å². The van der Waals surface area contributed by atoms with Crippen LogP contribution in [0.4, 0.5) is 10.3 Å². The van der Waals surface area contributed by atoms with Crippen molar-refractivity contribution >= 4 is 28.9 Å². The predicted molar refractivity (Wildman–Crippen MR) is 109 cm³/mol. The fourth-order valence-electron chi connectivity index (χ4n) is 3.94. The van der Waals surface area contributed by atoms with Crippen LogP contribution in [0.3, 0.4) is 0 Å². The van der Waals surface area contributed by atoms with Crippen LogP contribution in [0, 0.1) is 11.7 Å². The number of halogens is 1. The molecule has 1 aliphatic rings. The molecule has 1 amide bonds. The summed E-state index contributed by atoms with van der Waals surface area (Å²) in [6.07, 6.45) is 0. The summed E-state index contributed by atoms with van der Waals surface area (Å²) >= 11 is 0. The number of amides is 1. The molecule has 3 aromatic rings. The van der Waals surface area contributed by atoms with E-state index < -0.39 is 29.7 Å². The van der Waals surface area contributed by atoms with Gasteiger partial charge in [0.15, 0.2) is 5.92 Å². The molecule has 0 fully saturated rings. The highest BCUT2D eigenvalue weighted by atomic mass is 19.1. The molecule has 0 radical (unpaired) electrons. The summed E-state index contributed by atoms with van der Waals surface area (Å²) in [5.41, 5.74) is 1.58. The Bertz CT molecular complexity index is 1100. The average molecular weight is 411 g/mol. The van der Waals surface area contributed by atoms with Crippen molar-refractivity contribution in [1.82, 2.24) is 9.55 Å². The van der Waals surface area contributed by atoms with Gasteiger partial charge in [0.05, 0.1) is 36.8 Å². The zero-order valence-electron chi connectivity index (χ0n) is 16.7. The van der Waals surface area contributed by atoms with Gasteiger partial charge in [0.25, 0.3) is 0 Å². The SMILES string of the molecule is CCOC(=O)[C@H]1C(=O)N(CCOC)c2nc3ccccc3n2[C@H]1c1ccccc1F. The monoisotopic (exact) mass is 411 g/mol. The fourth-order valence-corrected chi connectivity index (χ4v) is 3.94. The fraction of sp³-hybridized carbons (Fsp3) is 0.318. The van der Waals surface area contributed by atoms with Crippen LogP contribution in [0.1, 0.15) is 18.5 Å². The summed E-state index contributed by atoms with van der Waals surface area (Å²) in [4.78, 5) is 32.4. The van der Waals surface area contributed by atoms with Gasteiger partial charge >= 0.3 is 5.97 Å². The number of hydrogen-bond donors (Lipinski definition) is 0. The van der Waals surface area contributed by atoms with Gasteiger partial charge < -0.3 is 14.0 Å². The predicted octanol–water partition coefficient (Wildman–Crippen LogP) is 2.94. The lowest BCUT2D eigenvalue weighted by molar-refractivity contribution is -0.153. The second-order valence-corrected chi connectivity index (χ2v) is 6.95. The maximum Gasteiger partial charge on any atom is 0.321 e. The first-order chi connectivity index (χ1) is 14.6. The van der Waals surface area contributed by atoms with Crippen LogP contribution in [0.25, 0.3) is 11.0 Å². The molecule has 7 nitrogen and oxygen atoms in total. The number of ether oxygens (including phenoxy) is 2. The van der Waals surface area contributed by atoms with E-state index in [0.717, 1.165) is 0 Å². The molecule has 2 heterocycles. The number of carbonyl (C=O) groups excluding carboxylic acids is 2. The van der Waals surface area contributed by atoms with Crippen molar-refractivity contribution in [2.45, 2.75) is 13.0 Å². The van der Waals surface area contributed by atoms with Crippen LogP contribution in [0.5, 0.6) is 0 Å². The quantitative estimate of drug-likeness (QED) is 0.461. The van der Waals surface area contributed by atoms with Crippen LogP contribution in [0.2, 0.25) is 0 Å². The lowest BCUT2D eigenvalue weighted by Crippen LogP contribution is -2.51. The number of methoxy groups -OCH3 is 1. The van der Waals surface area contributed by atoms with E-state index in [2.05, 4.69) is 4.98 Å². The van der Waals surface area contributed by atoms with Crippen LogP contribution in [-0.4, -0.2) is 48.3 Å². The summed E-state index contributed by atoms with van der Waals surface area (Å²) in [6.45, 7) is 2.25. The van der Waals surface area contributed by atoms with Crippen LogP contribution < -0.4 is 4.90 Å². The van der Waals surface area contributed by atoms with Gasteiger partial charge in [0.2, 0.25) is 11.9 Å². The highest BCUT2D eigenvalue weighted by Crippen LogP contribution is 2.41. The average Bonchev–Trinajstić information content (AvgIpc) is 3.12. The van der Waals surface area contributed by atoms with E-state index in [9.17, 15) is 14.0 Å². The third kappa shape index (κ3) is 3.23. The molecule has 8 heteroatoms. The smallest absolute Gasteiger partial charge is 0.321 e. The highest BCUT2D eigenvalue weighted by Gasteiger charge is 2.48. The normalized spacial score (nSPS) is 18.5. The largest absolute Gasteiger partial charge is 0.465 e. The summed E-state index contributed by atoms with van der Waals surface area (Å²) in [6, 6.07) is 12.6. The number of para-hydroxylation sites is 2. The summed E-state index contributed by atoms with van der Waals surface area (Å²) < 4.78 is 27.0. The number of carbonyl (C=O) groups is 2. The molecular formula is C22H22FN3O4. The standard InChI is InChI=1S/C22H22FN3O4/c1-3-30-21(28)18-19(14-8-4-5-9-15(14)23)26-17-11-7-6-10-16(17)24-22(26)25(20(18)27)12-13-29-2/h4-11,18-19H,3,12-13H2,1-2H3/t18-,19+/m1/s1. The Morgan fingerprint density at radius 2 is 1.90 bits per heavy atom. The van der Waals surface area contributed by atoms with Crippen molar-refractivity contribution in [1.29, 1.82) is 0 Å². The molecule has 1 aliphatic heterocycles. The van der Waals surface area contributed by atoms with E-state index in [4.69, 9.17) is 9.47 Å². The van der Waals surface area contributed by atoms with E-state index >= 15 is 0 Å². The Hall–Kier alpha value is -3.26. The maximum atomic E-state index is 14.9. The number of benzene rings is 2.